The van der Waals surface area contributed by atoms with Crippen LogP contribution in [0.4, 0.5) is 0 Å². The highest BCUT2D eigenvalue weighted by Crippen LogP contribution is 2.26. The average molecular weight is 400 g/mol. The molecule has 0 unspecified atom stereocenters. The molecule has 2 aromatic carbocycles. The summed E-state index contributed by atoms with van der Waals surface area (Å²) in [7, 11) is 0. The van der Waals surface area contributed by atoms with Crippen LogP contribution < -0.4 is 10.6 Å². The summed E-state index contributed by atoms with van der Waals surface area (Å²) in [5, 5.41) is 6.91. The summed E-state index contributed by atoms with van der Waals surface area (Å²) in [5.74, 6) is -0.509. The van der Waals surface area contributed by atoms with Crippen LogP contribution in [-0.2, 0) is 4.79 Å². The smallest absolute Gasteiger partial charge is 0.252 e. The minimum atomic E-state index is -0.313. The van der Waals surface area contributed by atoms with Gasteiger partial charge >= 0.3 is 0 Å². The summed E-state index contributed by atoms with van der Waals surface area (Å²) in [4.78, 5) is 24.0. The lowest BCUT2D eigenvalue weighted by Crippen LogP contribution is -2.32. The molecule has 0 aliphatic rings. The van der Waals surface area contributed by atoms with Gasteiger partial charge in [-0.05, 0) is 36.8 Å². The van der Waals surface area contributed by atoms with Gasteiger partial charge in [-0.1, -0.05) is 53.0 Å². The highest BCUT2D eigenvalue weighted by atomic mass is 35.5. The van der Waals surface area contributed by atoms with Crippen LogP contribution in [0, 0.1) is 0 Å². The second kappa shape index (κ2) is 9.09. The number of amides is 2. The summed E-state index contributed by atoms with van der Waals surface area (Å²) in [5.41, 5.74) is 1.16. The van der Waals surface area contributed by atoms with Gasteiger partial charge in [-0.25, -0.2) is 0 Å². The molecule has 0 spiro atoms. The monoisotopic (exact) mass is 398 g/mol. The van der Waals surface area contributed by atoms with Crippen LogP contribution in [0.25, 0.3) is 0 Å². The molecule has 0 saturated carbocycles. The lowest BCUT2D eigenvalue weighted by atomic mass is 10.1. The molecule has 1 atom stereocenters. The third-order valence-electron chi connectivity index (χ3n) is 3.56. The molecule has 0 bridgehead atoms. The van der Waals surface area contributed by atoms with E-state index in [0.29, 0.717) is 20.6 Å². The van der Waals surface area contributed by atoms with E-state index in [1.165, 1.54) is 0 Å². The molecule has 25 heavy (non-hydrogen) atoms. The second-order valence-electron chi connectivity index (χ2n) is 5.44. The lowest BCUT2D eigenvalue weighted by Gasteiger charge is -2.16. The maximum Gasteiger partial charge on any atom is 0.252 e. The molecule has 2 rings (SSSR count). The van der Waals surface area contributed by atoms with Gasteiger partial charge < -0.3 is 10.6 Å². The van der Waals surface area contributed by atoms with E-state index >= 15 is 0 Å². The number of nitrogens with one attached hydrogen (secondary N) is 2. The van der Waals surface area contributed by atoms with Crippen LogP contribution >= 0.6 is 34.8 Å². The van der Waals surface area contributed by atoms with Gasteiger partial charge in [-0.2, -0.15) is 0 Å². The van der Waals surface area contributed by atoms with Crippen molar-refractivity contribution in [2.24, 2.45) is 0 Å². The van der Waals surface area contributed by atoms with Crippen LogP contribution in [-0.4, -0.2) is 18.4 Å². The highest BCUT2D eigenvalue weighted by Gasteiger charge is 2.14. The first kappa shape index (κ1) is 19.6. The van der Waals surface area contributed by atoms with E-state index < -0.39 is 0 Å². The van der Waals surface area contributed by atoms with E-state index in [1.807, 2.05) is 6.92 Å². The Bertz CT molecular complexity index is 781. The third kappa shape index (κ3) is 5.63. The Kier molecular flexibility index (Phi) is 7.12. The fraction of sp³-hybridized carbons (Fsp3) is 0.222. The topological polar surface area (TPSA) is 58.2 Å². The van der Waals surface area contributed by atoms with Crippen LogP contribution in [0.3, 0.4) is 0 Å². The molecule has 0 aliphatic carbocycles. The number of hydrogen-bond donors (Lipinski definition) is 2. The summed E-state index contributed by atoms with van der Waals surface area (Å²) in [6, 6.07) is 11.6. The predicted molar refractivity (Wildman–Crippen MR) is 101 cm³/mol. The van der Waals surface area contributed by atoms with Gasteiger partial charge in [0.2, 0.25) is 5.91 Å². The SMILES string of the molecule is C[C@H](NC(=O)CCNC(=O)c1ccccc1Cl)c1ccc(Cl)cc1Cl. The van der Waals surface area contributed by atoms with Crippen molar-refractivity contribution in [3.8, 4) is 0 Å². The number of carbonyl (C=O) groups excluding carboxylic acids is 2. The van der Waals surface area contributed by atoms with E-state index in [-0.39, 0.29) is 30.8 Å². The number of halogens is 3. The zero-order valence-electron chi connectivity index (χ0n) is 13.5. The van der Waals surface area contributed by atoms with E-state index in [2.05, 4.69) is 10.6 Å². The predicted octanol–water partition coefficient (Wildman–Crippen LogP) is 4.64. The first-order valence-electron chi connectivity index (χ1n) is 7.65. The van der Waals surface area contributed by atoms with Crippen LogP contribution in [0.1, 0.15) is 35.3 Å². The summed E-state index contributed by atoms with van der Waals surface area (Å²) >= 11 is 18.0. The van der Waals surface area contributed by atoms with Crippen molar-refractivity contribution in [2.75, 3.05) is 6.54 Å². The summed E-state index contributed by atoms with van der Waals surface area (Å²) in [6.45, 7) is 2.03. The molecule has 0 radical (unpaired) electrons. The van der Waals surface area contributed by atoms with Crippen LogP contribution in [0.2, 0.25) is 15.1 Å². The normalized spacial score (nSPS) is 11.7. The van der Waals surface area contributed by atoms with Crippen molar-refractivity contribution in [1.29, 1.82) is 0 Å². The van der Waals surface area contributed by atoms with Gasteiger partial charge in [0.05, 0.1) is 16.6 Å². The van der Waals surface area contributed by atoms with Gasteiger partial charge in [0.1, 0.15) is 0 Å². The molecule has 0 saturated heterocycles. The van der Waals surface area contributed by atoms with Gasteiger partial charge in [0.25, 0.3) is 5.91 Å². The Morgan fingerprint density at radius 3 is 2.44 bits per heavy atom. The largest absolute Gasteiger partial charge is 0.351 e. The fourth-order valence-electron chi connectivity index (χ4n) is 2.27. The Morgan fingerprint density at radius 2 is 1.76 bits per heavy atom. The molecule has 7 heteroatoms. The first-order valence-corrected chi connectivity index (χ1v) is 8.79. The molecule has 0 heterocycles. The second-order valence-corrected chi connectivity index (χ2v) is 6.69. The Hall–Kier alpha value is -1.75. The Balaban J connectivity index is 1.82. The Morgan fingerprint density at radius 1 is 1.04 bits per heavy atom. The van der Waals surface area contributed by atoms with Crippen molar-refractivity contribution < 1.29 is 9.59 Å². The van der Waals surface area contributed by atoms with E-state index in [0.717, 1.165) is 5.56 Å². The molecule has 4 nitrogen and oxygen atoms in total. The maximum atomic E-state index is 12.0. The van der Waals surface area contributed by atoms with E-state index in [1.54, 1.807) is 42.5 Å². The number of rotatable bonds is 6. The maximum absolute atomic E-state index is 12.0. The molecule has 0 aromatic heterocycles. The molecular weight excluding hydrogens is 383 g/mol. The quantitative estimate of drug-likeness (QED) is 0.743. The van der Waals surface area contributed by atoms with Crippen molar-refractivity contribution in [1.82, 2.24) is 10.6 Å². The van der Waals surface area contributed by atoms with Crippen molar-refractivity contribution in [2.45, 2.75) is 19.4 Å². The zero-order valence-corrected chi connectivity index (χ0v) is 15.8. The van der Waals surface area contributed by atoms with E-state index in [9.17, 15) is 9.59 Å². The van der Waals surface area contributed by atoms with Gasteiger partial charge in [-0.3, -0.25) is 9.59 Å². The molecular formula is C18H17Cl3N2O2. The molecule has 0 aliphatic heterocycles. The van der Waals surface area contributed by atoms with Crippen molar-refractivity contribution in [3.05, 3.63) is 68.7 Å². The van der Waals surface area contributed by atoms with Gasteiger partial charge in [0.15, 0.2) is 0 Å². The van der Waals surface area contributed by atoms with Crippen molar-refractivity contribution in [3.63, 3.8) is 0 Å². The number of carbonyl (C=O) groups is 2. The van der Waals surface area contributed by atoms with Crippen LogP contribution in [0.15, 0.2) is 42.5 Å². The van der Waals surface area contributed by atoms with Gasteiger partial charge in [0, 0.05) is 23.0 Å². The molecule has 2 aromatic rings. The average Bonchev–Trinajstić information content (AvgIpc) is 2.54. The standard InChI is InChI=1S/C18H17Cl3N2O2/c1-11(13-7-6-12(19)10-16(13)21)23-17(24)8-9-22-18(25)14-4-2-3-5-15(14)20/h2-7,10-11H,8-9H2,1H3,(H,22,25)(H,23,24)/t11-/m0/s1. The van der Waals surface area contributed by atoms with Crippen LogP contribution in [0.5, 0.6) is 0 Å². The molecule has 2 N–H and O–H groups in total. The van der Waals surface area contributed by atoms with Crippen molar-refractivity contribution >= 4 is 46.6 Å². The highest BCUT2D eigenvalue weighted by molar-refractivity contribution is 6.35. The zero-order chi connectivity index (χ0) is 18.4. The first-order chi connectivity index (χ1) is 11.9. The Labute approximate surface area is 161 Å². The minimum absolute atomic E-state index is 0.145. The molecule has 2 amide bonds. The minimum Gasteiger partial charge on any atom is -0.351 e. The third-order valence-corrected chi connectivity index (χ3v) is 4.45. The van der Waals surface area contributed by atoms with Gasteiger partial charge in [-0.15, -0.1) is 0 Å². The number of hydrogen-bond acceptors (Lipinski definition) is 2. The number of benzene rings is 2. The lowest BCUT2D eigenvalue weighted by molar-refractivity contribution is -0.121. The fourth-order valence-corrected chi connectivity index (χ4v) is 3.07. The summed E-state index contributed by atoms with van der Waals surface area (Å²) in [6.07, 6.45) is 0.145. The summed E-state index contributed by atoms with van der Waals surface area (Å²) < 4.78 is 0. The molecule has 132 valence electrons. The van der Waals surface area contributed by atoms with E-state index in [4.69, 9.17) is 34.8 Å². The molecule has 0 fully saturated rings.